The summed E-state index contributed by atoms with van der Waals surface area (Å²) < 4.78 is 0. The molecule has 0 spiro atoms. The molecule has 0 bridgehead atoms. The maximum atomic E-state index is 12.4. The second-order valence-electron chi connectivity index (χ2n) is 5.49. The fourth-order valence-corrected chi connectivity index (χ4v) is 2.23. The third kappa shape index (κ3) is 3.81. The molecule has 7 nitrogen and oxygen atoms in total. The molecule has 0 saturated carbocycles. The van der Waals surface area contributed by atoms with Crippen LogP contribution in [0.3, 0.4) is 0 Å². The second-order valence-corrected chi connectivity index (χ2v) is 5.49. The molecule has 1 aromatic rings. The molecule has 118 valence electrons. The van der Waals surface area contributed by atoms with Crippen LogP contribution in [0.4, 0.5) is 0 Å². The maximum absolute atomic E-state index is 12.4. The highest BCUT2D eigenvalue weighted by Gasteiger charge is 2.22. The summed E-state index contributed by atoms with van der Waals surface area (Å²) in [6, 6.07) is 3.11. The number of pyridine rings is 1. The first-order valence-corrected chi connectivity index (χ1v) is 7.27. The SMILES string of the molecule is CC(C)NC(=O)c1ccnc(C(=O)N2CCN(C=O)CC2)c1. The number of piperazine rings is 1. The molecule has 1 saturated heterocycles. The molecule has 1 aliphatic rings. The van der Waals surface area contributed by atoms with E-state index in [2.05, 4.69) is 10.3 Å². The molecule has 0 aromatic carbocycles. The zero-order chi connectivity index (χ0) is 16.1. The number of nitrogens with one attached hydrogen (secondary N) is 1. The number of rotatable bonds is 4. The fourth-order valence-electron chi connectivity index (χ4n) is 2.23. The van der Waals surface area contributed by atoms with E-state index in [1.807, 2.05) is 13.8 Å². The van der Waals surface area contributed by atoms with Gasteiger partial charge in [0, 0.05) is 44.0 Å². The summed E-state index contributed by atoms with van der Waals surface area (Å²) in [5.74, 6) is -0.443. The Morgan fingerprint density at radius 3 is 2.55 bits per heavy atom. The van der Waals surface area contributed by atoms with E-state index in [-0.39, 0.29) is 23.6 Å². The predicted octanol–water partition coefficient (Wildman–Crippen LogP) is 0.134. The number of amides is 3. The van der Waals surface area contributed by atoms with E-state index < -0.39 is 0 Å². The second kappa shape index (κ2) is 7.02. The van der Waals surface area contributed by atoms with Crippen molar-refractivity contribution in [2.45, 2.75) is 19.9 Å². The molecular formula is C15H20N4O3. The molecule has 22 heavy (non-hydrogen) atoms. The van der Waals surface area contributed by atoms with E-state index in [1.54, 1.807) is 15.9 Å². The van der Waals surface area contributed by atoms with Crippen LogP contribution in [0.5, 0.6) is 0 Å². The first kappa shape index (κ1) is 15.9. The van der Waals surface area contributed by atoms with Crippen LogP contribution in [0.25, 0.3) is 0 Å². The van der Waals surface area contributed by atoms with Gasteiger partial charge in [0.05, 0.1) is 0 Å². The van der Waals surface area contributed by atoms with Gasteiger partial charge in [-0.25, -0.2) is 0 Å². The molecule has 7 heteroatoms. The summed E-state index contributed by atoms with van der Waals surface area (Å²) in [4.78, 5) is 42.4. The van der Waals surface area contributed by atoms with Gasteiger partial charge in [-0.2, -0.15) is 0 Å². The summed E-state index contributed by atoms with van der Waals surface area (Å²) in [7, 11) is 0. The molecular weight excluding hydrogens is 284 g/mol. The van der Waals surface area contributed by atoms with Crippen LogP contribution in [0.1, 0.15) is 34.7 Å². The Morgan fingerprint density at radius 1 is 1.27 bits per heavy atom. The van der Waals surface area contributed by atoms with Gasteiger partial charge >= 0.3 is 0 Å². The monoisotopic (exact) mass is 304 g/mol. The Hall–Kier alpha value is -2.44. The minimum absolute atomic E-state index is 0.0243. The van der Waals surface area contributed by atoms with Gasteiger partial charge < -0.3 is 15.1 Å². The summed E-state index contributed by atoms with van der Waals surface area (Å²) >= 11 is 0. The van der Waals surface area contributed by atoms with Crippen molar-refractivity contribution < 1.29 is 14.4 Å². The lowest BCUT2D eigenvalue weighted by atomic mass is 10.2. The van der Waals surface area contributed by atoms with Crippen LogP contribution in [-0.2, 0) is 4.79 Å². The summed E-state index contributed by atoms with van der Waals surface area (Å²) in [6.07, 6.45) is 2.25. The largest absolute Gasteiger partial charge is 0.350 e. The van der Waals surface area contributed by atoms with Crippen LogP contribution in [0, 0.1) is 0 Å². The van der Waals surface area contributed by atoms with Crippen LogP contribution in [0.15, 0.2) is 18.3 Å². The molecule has 1 aromatic heterocycles. The van der Waals surface area contributed by atoms with Crippen molar-refractivity contribution in [1.82, 2.24) is 20.1 Å². The molecule has 0 atom stereocenters. The van der Waals surface area contributed by atoms with E-state index in [0.717, 1.165) is 6.41 Å². The predicted molar refractivity (Wildman–Crippen MR) is 80.4 cm³/mol. The molecule has 3 amide bonds. The minimum atomic E-state index is -0.225. The zero-order valence-electron chi connectivity index (χ0n) is 12.8. The van der Waals surface area contributed by atoms with Crippen molar-refractivity contribution in [3.05, 3.63) is 29.6 Å². The number of nitrogens with zero attached hydrogens (tertiary/aromatic N) is 3. The topological polar surface area (TPSA) is 82.6 Å². The van der Waals surface area contributed by atoms with Crippen molar-refractivity contribution in [3.63, 3.8) is 0 Å². The van der Waals surface area contributed by atoms with Gasteiger partial charge in [-0.1, -0.05) is 0 Å². The average Bonchev–Trinajstić information content (AvgIpc) is 2.54. The van der Waals surface area contributed by atoms with E-state index in [9.17, 15) is 14.4 Å². The van der Waals surface area contributed by atoms with Crippen molar-refractivity contribution in [2.24, 2.45) is 0 Å². The van der Waals surface area contributed by atoms with Gasteiger partial charge in [-0.05, 0) is 26.0 Å². The lowest BCUT2D eigenvalue weighted by Gasteiger charge is -2.32. The van der Waals surface area contributed by atoms with Gasteiger partial charge in [-0.3, -0.25) is 19.4 Å². The Morgan fingerprint density at radius 2 is 1.95 bits per heavy atom. The van der Waals surface area contributed by atoms with Gasteiger partial charge in [0.1, 0.15) is 5.69 Å². The molecule has 0 aliphatic carbocycles. The molecule has 0 radical (unpaired) electrons. The molecule has 1 N–H and O–H groups in total. The Labute approximate surface area is 129 Å². The summed E-state index contributed by atoms with van der Waals surface area (Å²) in [6.45, 7) is 5.73. The van der Waals surface area contributed by atoms with Gasteiger partial charge in [0.15, 0.2) is 0 Å². The highest BCUT2D eigenvalue weighted by Crippen LogP contribution is 2.08. The average molecular weight is 304 g/mol. The van der Waals surface area contributed by atoms with Gasteiger partial charge in [0.2, 0.25) is 6.41 Å². The highest BCUT2D eigenvalue weighted by atomic mass is 16.2. The highest BCUT2D eigenvalue weighted by molar-refractivity contribution is 5.98. The quantitative estimate of drug-likeness (QED) is 0.802. The van der Waals surface area contributed by atoms with E-state index in [0.29, 0.717) is 31.7 Å². The Bertz CT molecular complexity index is 566. The first-order valence-electron chi connectivity index (χ1n) is 7.27. The van der Waals surface area contributed by atoms with Crippen molar-refractivity contribution in [3.8, 4) is 0 Å². The molecule has 1 aliphatic heterocycles. The lowest BCUT2D eigenvalue weighted by molar-refractivity contribution is -0.119. The first-order chi connectivity index (χ1) is 10.5. The van der Waals surface area contributed by atoms with Crippen molar-refractivity contribution >= 4 is 18.2 Å². The Kier molecular flexibility index (Phi) is 5.08. The number of aromatic nitrogens is 1. The Balaban J connectivity index is 2.07. The summed E-state index contributed by atoms with van der Waals surface area (Å²) in [5, 5.41) is 2.78. The van der Waals surface area contributed by atoms with Crippen LogP contribution >= 0.6 is 0 Å². The van der Waals surface area contributed by atoms with Crippen molar-refractivity contribution in [1.29, 1.82) is 0 Å². The van der Waals surface area contributed by atoms with Crippen LogP contribution in [-0.4, -0.2) is 65.2 Å². The van der Waals surface area contributed by atoms with Gasteiger partial charge in [0.25, 0.3) is 11.8 Å². The molecule has 2 heterocycles. The van der Waals surface area contributed by atoms with E-state index in [4.69, 9.17) is 0 Å². The third-order valence-corrected chi connectivity index (χ3v) is 3.41. The van der Waals surface area contributed by atoms with E-state index in [1.165, 1.54) is 12.3 Å². The lowest BCUT2D eigenvalue weighted by Crippen LogP contribution is -2.48. The van der Waals surface area contributed by atoms with Gasteiger partial charge in [-0.15, -0.1) is 0 Å². The number of hydrogen-bond donors (Lipinski definition) is 1. The standard InChI is InChI=1S/C15H20N4O3/c1-11(2)17-14(21)12-3-4-16-13(9-12)15(22)19-7-5-18(10-20)6-8-19/h3-4,9-11H,5-8H2,1-2H3,(H,17,21). The number of hydrogen-bond acceptors (Lipinski definition) is 4. The minimum Gasteiger partial charge on any atom is -0.350 e. The maximum Gasteiger partial charge on any atom is 0.272 e. The smallest absolute Gasteiger partial charge is 0.272 e. The van der Waals surface area contributed by atoms with Crippen LogP contribution in [0.2, 0.25) is 0 Å². The normalized spacial score (nSPS) is 14.9. The zero-order valence-corrected chi connectivity index (χ0v) is 12.8. The summed E-state index contributed by atoms with van der Waals surface area (Å²) in [5.41, 5.74) is 0.662. The number of carbonyl (C=O) groups excluding carboxylic acids is 3. The fraction of sp³-hybridized carbons (Fsp3) is 0.467. The third-order valence-electron chi connectivity index (χ3n) is 3.41. The molecule has 0 unspecified atom stereocenters. The number of carbonyl (C=O) groups is 3. The molecule has 2 rings (SSSR count). The molecule has 1 fully saturated rings. The van der Waals surface area contributed by atoms with Crippen molar-refractivity contribution in [2.75, 3.05) is 26.2 Å². The van der Waals surface area contributed by atoms with E-state index >= 15 is 0 Å². The van der Waals surface area contributed by atoms with Crippen LogP contribution < -0.4 is 5.32 Å².